The number of fused-ring (bicyclic) bond motifs is 1. The van der Waals surface area contributed by atoms with Gasteiger partial charge in [0.15, 0.2) is 0 Å². The summed E-state index contributed by atoms with van der Waals surface area (Å²) in [5, 5.41) is 12.1. The second-order valence-corrected chi connectivity index (χ2v) is 6.79. The van der Waals surface area contributed by atoms with Crippen LogP contribution in [0.5, 0.6) is 0 Å². The number of carboxylic acid groups (broad SMARTS) is 1. The molecular weight excluding hydrogens is 301 g/mol. The Hall–Kier alpha value is -1.47. The highest BCUT2D eigenvalue weighted by molar-refractivity contribution is 5.80. The van der Waals surface area contributed by atoms with Gasteiger partial charge in [0, 0.05) is 19.1 Å². The third-order valence-electron chi connectivity index (χ3n) is 5.51. The molecule has 3 rings (SSSR count). The molecule has 22 heavy (non-hydrogen) atoms. The van der Waals surface area contributed by atoms with E-state index in [1.807, 2.05) is 0 Å². The number of halogens is 3. The number of alkyl halides is 3. The number of hydrogen-bond donors (Lipinski definition) is 2. The number of aliphatic carboxylic acids is 1. The molecule has 2 N–H and O–H groups in total. The summed E-state index contributed by atoms with van der Waals surface area (Å²) in [6.07, 6.45) is -2.17. The molecular formula is C14H19F3N2O3. The molecule has 1 aliphatic heterocycles. The van der Waals surface area contributed by atoms with Crippen molar-refractivity contribution < 1.29 is 27.9 Å². The van der Waals surface area contributed by atoms with E-state index in [0.717, 1.165) is 12.8 Å². The molecule has 0 bridgehead atoms. The van der Waals surface area contributed by atoms with Crippen molar-refractivity contribution in [1.82, 2.24) is 10.2 Å². The van der Waals surface area contributed by atoms with E-state index in [4.69, 9.17) is 0 Å². The van der Waals surface area contributed by atoms with Crippen LogP contribution < -0.4 is 5.32 Å². The van der Waals surface area contributed by atoms with Gasteiger partial charge in [-0.2, -0.15) is 13.2 Å². The van der Waals surface area contributed by atoms with Gasteiger partial charge in [-0.1, -0.05) is 6.42 Å². The minimum Gasteiger partial charge on any atom is -0.481 e. The summed E-state index contributed by atoms with van der Waals surface area (Å²) in [7, 11) is 0. The van der Waals surface area contributed by atoms with E-state index in [-0.39, 0.29) is 25.3 Å². The quantitative estimate of drug-likeness (QED) is 0.820. The molecule has 2 amide bonds. The van der Waals surface area contributed by atoms with Crippen molar-refractivity contribution in [3.05, 3.63) is 0 Å². The zero-order valence-electron chi connectivity index (χ0n) is 12.0. The predicted octanol–water partition coefficient (Wildman–Crippen LogP) is 2.22. The number of carbonyl (C=O) groups is 2. The molecule has 0 aromatic heterocycles. The summed E-state index contributed by atoms with van der Waals surface area (Å²) in [6.45, 7) is 0.543. The predicted molar refractivity (Wildman–Crippen MR) is 70.1 cm³/mol. The highest BCUT2D eigenvalue weighted by atomic mass is 19.4. The minimum atomic E-state index is -4.20. The molecule has 124 valence electrons. The van der Waals surface area contributed by atoms with Crippen molar-refractivity contribution in [3.8, 4) is 0 Å². The summed E-state index contributed by atoms with van der Waals surface area (Å²) >= 11 is 0. The summed E-state index contributed by atoms with van der Waals surface area (Å²) in [6, 6.07) is -0.888. The lowest BCUT2D eigenvalue weighted by molar-refractivity contribution is -0.198. The van der Waals surface area contributed by atoms with E-state index in [1.165, 1.54) is 4.90 Å². The summed E-state index contributed by atoms with van der Waals surface area (Å²) in [5.41, 5.74) is -0.856. The molecule has 5 nitrogen and oxygen atoms in total. The molecule has 2 aliphatic carbocycles. The Labute approximate surface area is 125 Å². The van der Waals surface area contributed by atoms with Gasteiger partial charge in [0.1, 0.15) is 0 Å². The van der Waals surface area contributed by atoms with Crippen LogP contribution >= 0.6 is 0 Å². The average molecular weight is 320 g/mol. The second kappa shape index (κ2) is 5.03. The van der Waals surface area contributed by atoms with Crippen molar-refractivity contribution in [2.45, 2.75) is 44.3 Å². The lowest BCUT2D eigenvalue weighted by atomic mass is 9.80. The van der Waals surface area contributed by atoms with E-state index in [2.05, 4.69) is 5.32 Å². The number of amides is 2. The van der Waals surface area contributed by atoms with Crippen molar-refractivity contribution >= 4 is 12.0 Å². The van der Waals surface area contributed by atoms with Crippen molar-refractivity contribution in [1.29, 1.82) is 0 Å². The zero-order chi connectivity index (χ0) is 16.1. The molecule has 2 atom stereocenters. The Balaban J connectivity index is 1.54. The largest absolute Gasteiger partial charge is 0.481 e. The van der Waals surface area contributed by atoms with Gasteiger partial charge in [-0.3, -0.25) is 4.79 Å². The normalized spacial score (nSPS) is 37.6. The number of carbonyl (C=O) groups excluding carboxylic acids is 1. The van der Waals surface area contributed by atoms with Crippen LogP contribution in [0.25, 0.3) is 0 Å². The van der Waals surface area contributed by atoms with Gasteiger partial charge in [-0.25, -0.2) is 4.79 Å². The number of urea groups is 1. The van der Waals surface area contributed by atoms with Crippen LogP contribution in [0.15, 0.2) is 0 Å². The molecule has 2 saturated carbocycles. The lowest BCUT2D eigenvalue weighted by Gasteiger charge is -2.37. The first-order valence-corrected chi connectivity index (χ1v) is 7.58. The molecule has 0 aromatic rings. The molecule has 1 heterocycles. The van der Waals surface area contributed by atoms with Crippen LogP contribution in [0.2, 0.25) is 0 Å². The van der Waals surface area contributed by atoms with Gasteiger partial charge in [-0.15, -0.1) is 0 Å². The molecule has 0 aromatic carbocycles. The van der Waals surface area contributed by atoms with Crippen LogP contribution in [-0.4, -0.2) is 47.3 Å². The molecule has 3 fully saturated rings. The van der Waals surface area contributed by atoms with Crippen molar-refractivity contribution in [2.24, 2.45) is 17.3 Å². The fraction of sp³-hybridized carbons (Fsp3) is 0.857. The third kappa shape index (κ3) is 2.42. The lowest BCUT2D eigenvalue weighted by Crippen LogP contribution is -2.52. The van der Waals surface area contributed by atoms with Crippen molar-refractivity contribution in [3.63, 3.8) is 0 Å². The molecule has 1 saturated heterocycles. The third-order valence-corrected chi connectivity index (χ3v) is 5.51. The van der Waals surface area contributed by atoms with E-state index in [0.29, 0.717) is 13.0 Å². The molecule has 3 aliphatic rings. The summed E-state index contributed by atoms with van der Waals surface area (Å²) in [4.78, 5) is 25.1. The van der Waals surface area contributed by atoms with Crippen molar-refractivity contribution in [2.75, 3.05) is 13.1 Å². The molecule has 0 radical (unpaired) electrons. The Kier molecular flexibility index (Phi) is 3.52. The Morgan fingerprint density at radius 2 is 1.95 bits per heavy atom. The van der Waals surface area contributed by atoms with Gasteiger partial charge < -0.3 is 15.3 Å². The molecule has 0 unspecified atom stereocenters. The number of carboxylic acids is 1. The fourth-order valence-corrected chi connectivity index (χ4v) is 4.06. The SMILES string of the molecule is O=C(NC1CC(C(F)(F)F)C1)N1C[C@@H]2CCC[C@@]2(C(=O)O)C1. The highest BCUT2D eigenvalue weighted by Crippen LogP contribution is 2.49. The monoisotopic (exact) mass is 320 g/mol. The van der Waals surface area contributed by atoms with E-state index >= 15 is 0 Å². The van der Waals surface area contributed by atoms with E-state index in [9.17, 15) is 27.9 Å². The Morgan fingerprint density at radius 1 is 1.27 bits per heavy atom. The molecule has 8 heteroatoms. The fourth-order valence-electron chi connectivity index (χ4n) is 4.06. The number of rotatable bonds is 2. The maximum Gasteiger partial charge on any atom is 0.391 e. The van der Waals surface area contributed by atoms with Crippen LogP contribution in [0.1, 0.15) is 32.1 Å². The summed E-state index contributed by atoms with van der Waals surface area (Å²) in [5.74, 6) is -2.24. The van der Waals surface area contributed by atoms with Crippen LogP contribution in [0, 0.1) is 17.3 Å². The van der Waals surface area contributed by atoms with E-state index < -0.39 is 35.6 Å². The first-order chi connectivity index (χ1) is 10.2. The first kappa shape index (κ1) is 15.4. The standard InChI is InChI=1S/C14H19F3N2O3/c15-14(16,17)9-4-10(5-9)18-12(22)19-6-8-2-1-3-13(8,7-19)11(20)21/h8-10H,1-7H2,(H,18,22)(H,20,21)/t8-,9?,10?,13+/m0/s1. The van der Waals surface area contributed by atoms with Crippen LogP contribution in [-0.2, 0) is 4.79 Å². The topological polar surface area (TPSA) is 69.6 Å². The van der Waals surface area contributed by atoms with Gasteiger partial charge in [0.2, 0.25) is 0 Å². The summed E-state index contributed by atoms with van der Waals surface area (Å²) < 4.78 is 37.3. The number of likely N-dealkylation sites (tertiary alicyclic amines) is 1. The average Bonchev–Trinajstić information content (AvgIpc) is 2.88. The minimum absolute atomic E-state index is 0.0416. The second-order valence-electron chi connectivity index (χ2n) is 6.79. The maximum absolute atomic E-state index is 12.4. The number of nitrogens with zero attached hydrogens (tertiary/aromatic N) is 1. The zero-order valence-corrected chi connectivity index (χ0v) is 12.0. The van der Waals surface area contributed by atoms with Gasteiger partial charge in [-0.05, 0) is 31.6 Å². The van der Waals surface area contributed by atoms with Gasteiger partial charge in [0.05, 0.1) is 11.3 Å². The molecule has 0 spiro atoms. The van der Waals surface area contributed by atoms with Crippen LogP contribution in [0.4, 0.5) is 18.0 Å². The Morgan fingerprint density at radius 3 is 2.50 bits per heavy atom. The number of hydrogen-bond acceptors (Lipinski definition) is 2. The first-order valence-electron chi connectivity index (χ1n) is 7.58. The smallest absolute Gasteiger partial charge is 0.391 e. The highest BCUT2D eigenvalue weighted by Gasteiger charge is 2.56. The Bertz CT molecular complexity index is 490. The van der Waals surface area contributed by atoms with Crippen LogP contribution in [0.3, 0.4) is 0 Å². The van der Waals surface area contributed by atoms with E-state index in [1.54, 1.807) is 0 Å². The van der Waals surface area contributed by atoms with Gasteiger partial charge in [0.25, 0.3) is 0 Å². The maximum atomic E-state index is 12.4. The van der Waals surface area contributed by atoms with Gasteiger partial charge >= 0.3 is 18.2 Å². The number of nitrogens with one attached hydrogen (secondary N) is 1.